The van der Waals surface area contributed by atoms with E-state index in [9.17, 15) is 9.59 Å². The van der Waals surface area contributed by atoms with Gasteiger partial charge in [-0.1, -0.05) is 30.4 Å². The highest BCUT2D eigenvalue weighted by Crippen LogP contribution is 2.19. The molecule has 0 spiro atoms. The highest BCUT2D eigenvalue weighted by molar-refractivity contribution is 5.87. The summed E-state index contributed by atoms with van der Waals surface area (Å²) in [7, 11) is 1.64. The van der Waals surface area contributed by atoms with E-state index in [2.05, 4.69) is 5.32 Å². The van der Waals surface area contributed by atoms with E-state index < -0.39 is 6.04 Å². The molecule has 1 aliphatic rings. The van der Waals surface area contributed by atoms with Crippen molar-refractivity contribution in [1.82, 2.24) is 10.2 Å². The lowest BCUT2D eigenvalue weighted by molar-refractivity contribution is -0.147. The van der Waals surface area contributed by atoms with Crippen LogP contribution in [0.4, 0.5) is 0 Å². The normalized spacial score (nSPS) is 18.4. The predicted octanol–water partition coefficient (Wildman–Crippen LogP) is 1.46. The smallest absolute Gasteiger partial charge is 0.307 e. The van der Waals surface area contributed by atoms with Gasteiger partial charge in [0, 0.05) is 25.2 Å². The molecular formula is C18H24N2O4. The number of hydrogen-bond acceptors (Lipinski definition) is 5. The fourth-order valence-electron chi connectivity index (χ4n) is 2.70. The lowest BCUT2D eigenvalue weighted by Gasteiger charge is -2.33. The average Bonchev–Trinajstić information content (AvgIpc) is 2.58. The lowest BCUT2D eigenvalue weighted by Crippen LogP contribution is -2.55. The van der Waals surface area contributed by atoms with Crippen LogP contribution >= 0.6 is 0 Å². The molecule has 0 bridgehead atoms. The second-order valence-electron chi connectivity index (χ2n) is 5.46. The molecule has 24 heavy (non-hydrogen) atoms. The summed E-state index contributed by atoms with van der Waals surface area (Å²) in [5.41, 5.74) is 0.975. The molecule has 0 aromatic heterocycles. The molecule has 130 valence electrons. The van der Waals surface area contributed by atoms with Crippen molar-refractivity contribution in [1.29, 1.82) is 0 Å². The summed E-state index contributed by atoms with van der Waals surface area (Å²) in [6, 6.07) is 7.24. The third-order valence-corrected chi connectivity index (χ3v) is 3.88. The van der Waals surface area contributed by atoms with Crippen molar-refractivity contribution in [3.8, 4) is 5.75 Å². The van der Waals surface area contributed by atoms with Crippen LogP contribution in [-0.2, 0) is 14.3 Å². The van der Waals surface area contributed by atoms with Crippen LogP contribution < -0.4 is 10.1 Å². The summed E-state index contributed by atoms with van der Waals surface area (Å²) in [4.78, 5) is 25.8. The summed E-state index contributed by atoms with van der Waals surface area (Å²) in [5.74, 6) is 0.325. The predicted molar refractivity (Wildman–Crippen MR) is 91.6 cm³/mol. The first kappa shape index (κ1) is 18.0. The van der Waals surface area contributed by atoms with Crippen LogP contribution in [0.15, 0.2) is 30.3 Å². The van der Waals surface area contributed by atoms with E-state index in [-0.39, 0.29) is 18.3 Å². The Morgan fingerprint density at radius 2 is 2.21 bits per heavy atom. The number of carbonyl (C=O) groups excluding carboxylic acids is 2. The van der Waals surface area contributed by atoms with E-state index in [1.54, 1.807) is 14.0 Å². The third kappa shape index (κ3) is 4.83. The monoisotopic (exact) mass is 332 g/mol. The minimum atomic E-state index is -0.486. The minimum Gasteiger partial charge on any atom is -0.496 e. The van der Waals surface area contributed by atoms with Crippen LogP contribution in [0, 0.1) is 0 Å². The van der Waals surface area contributed by atoms with Gasteiger partial charge in [0.25, 0.3) is 0 Å². The lowest BCUT2D eigenvalue weighted by atomic mass is 10.1. The Labute approximate surface area is 142 Å². The number of hydrogen-bond donors (Lipinski definition) is 1. The number of para-hydroxylation sites is 1. The molecule has 1 fully saturated rings. The summed E-state index contributed by atoms with van der Waals surface area (Å²) in [6.07, 6.45) is 4.02. The number of esters is 1. The fraction of sp³-hybridized carbons (Fsp3) is 0.444. The molecule has 6 heteroatoms. The Morgan fingerprint density at radius 1 is 1.42 bits per heavy atom. The van der Waals surface area contributed by atoms with Crippen molar-refractivity contribution in [2.75, 3.05) is 33.4 Å². The average molecular weight is 332 g/mol. The number of rotatable bonds is 7. The van der Waals surface area contributed by atoms with E-state index in [0.717, 1.165) is 11.3 Å². The molecule has 1 aromatic rings. The molecule has 0 radical (unpaired) electrons. The zero-order chi connectivity index (χ0) is 17.4. The summed E-state index contributed by atoms with van der Waals surface area (Å²) in [5, 5.41) is 2.80. The summed E-state index contributed by atoms with van der Waals surface area (Å²) < 4.78 is 10.3. The maximum absolute atomic E-state index is 12.1. The molecular weight excluding hydrogens is 308 g/mol. The zero-order valence-electron chi connectivity index (χ0n) is 14.2. The first-order valence-corrected chi connectivity index (χ1v) is 8.12. The van der Waals surface area contributed by atoms with Crippen molar-refractivity contribution in [2.24, 2.45) is 0 Å². The van der Waals surface area contributed by atoms with Gasteiger partial charge in [-0.05, 0) is 13.0 Å². The Balaban J connectivity index is 2.01. The Bertz CT molecular complexity index is 600. The molecule has 1 atom stereocenters. The Morgan fingerprint density at radius 3 is 2.96 bits per heavy atom. The van der Waals surface area contributed by atoms with Crippen molar-refractivity contribution in [3.05, 3.63) is 35.9 Å². The number of amides is 1. The topological polar surface area (TPSA) is 67.9 Å². The first-order chi connectivity index (χ1) is 11.7. The van der Waals surface area contributed by atoms with Crippen molar-refractivity contribution in [3.63, 3.8) is 0 Å². The molecule has 1 N–H and O–H groups in total. The van der Waals surface area contributed by atoms with Crippen molar-refractivity contribution < 1.29 is 19.1 Å². The van der Waals surface area contributed by atoms with E-state index >= 15 is 0 Å². The molecule has 2 rings (SSSR count). The van der Waals surface area contributed by atoms with Gasteiger partial charge < -0.3 is 14.8 Å². The number of carbonyl (C=O) groups is 2. The van der Waals surface area contributed by atoms with Crippen LogP contribution in [0.2, 0.25) is 0 Å². The number of benzene rings is 1. The summed E-state index contributed by atoms with van der Waals surface area (Å²) >= 11 is 0. The molecule has 1 heterocycles. The van der Waals surface area contributed by atoms with Gasteiger partial charge in [-0.25, -0.2) is 0 Å². The zero-order valence-corrected chi connectivity index (χ0v) is 14.2. The van der Waals surface area contributed by atoms with Crippen LogP contribution in [-0.4, -0.2) is 56.2 Å². The van der Waals surface area contributed by atoms with Crippen LogP contribution in [0.3, 0.4) is 0 Å². The number of piperazine rings is 1. The van der Waals surface area contributed by atoms with Gasteiger partial charge in [0.2, 0.25) is 5.91 Å². The molecule has 0 saturated carbocycles. The van der Waals surface area contributed by atoms with Crippen LogP contribution in [0.5, 0.6) is 5.75 Å². The van der Waals surface area contributed by atoms with Crippen LogP contribution in [0.1, 0.15) is 18.9 Å². The molecule has 1 saturated heterocycles. The first-order valence-electron chi connectivity index (χ1n) is 8.12. The van der Waals surface area contributed by atoms with E-state index in [1.807, 2.05) is 41.3 Å². The number of nitrogens with zero attached hydrogens (tertiary/aromatic N) is 1. The van der Waals surface area contributed by atoms with Gasteiger partial charge in [0.1, 0.15) is 5.75 Å². The Hall–Kier alpha value is -2.34. The molecule has 6 nitrogen and oxygen atoms in total. The van der Waals surface area contributed by atoms with Gasteiger partial charge in [-0.15, -0.1) is 0 Å². The van der Waals surface area contributed by atoms with E-state index in [1.165, 1.54) is 0 Å². The van der Waals surface area contributed by atoms with E-state index in [4.69, 9.17) is 9.47 Å². The Kier molecular flexibility index (Phi) is 6.81. The molecule has 0 aliphatic carbocycles. The number of nitrogens with one attached hydrogen (secondary N) is 1. The summed E-state index contributed by atoms with van der Waals surface area (Å²) in [6.45, 7) is 3.94. The second-order valence-corrected chi connectivity index (χ2v) is 5.46. The largest absolute Gasteiger partial charge is 0.496 e. The maximum Gasteiger partial charge on any atom is 0.307 e. The number of ether oxygens (including phenoxy) is 2. The number of methoxy groups -OCH3 is 1. The third-order valence-electron chi connectivity index (χ3n) is 3.88. The van der Waals surface area contributed by atoms with Crippen LogP contribution in [0.25, 0.3) is 6.08 Å². The van der Waals surface area contributed by atoms with Gasteiger partial charge in [-0.2, -0.15) is 0 Å². The highest BCUT2D eigenvalue weighted by Gasteiger charge is 2.31. The minimum absolute atomic E-state index is 0.0716. The highest BCUT2D eigenvalue weighted by atomic mass is 16.5. The standard InChI is InChI=1S/C18H24N2O4/c1-3-24-17(21)13-15-18(22)19-10-12-20(15)11-6-8-14-7-4-5-9-16(14)23-2/h4-9,15H,3,10-13H2,1-2H3,(H,19,22)/b8-6+. The van der Waals surface area contributed by atoms with Gasteiger partial charge in [-0.3, -0.25) is 14.5 Å². The fourth-order valence-corrected chi connectivity index (χ4v) is 2.70. The molecule has 1 aromatic carbocycles. The molecule has 1 amide bonds. The van der Waals surface area contributed by atoms with Crippen molar-refractivity contribution >= 4 is 18.0 Å². The molecule has 1 unspecified atom stereocenters. The second kappa shape index (κ2) is 9.08. The quantitative estimate of drug-likeness (QED) is 0.766. The van der Waals surface area contributed by atoms with Gasteiger partial charge in [0.15, 0.2) is 0 Å². The van der Waals surface area contributed by atoms with E-state index in [0.29, 0.717) is 26.2 Å². The SMILES string of the molecule is CCOC(=O)CC1C(=O)NCCN1C/C=C/c1ccccc1OC. The maximum atomic E-state index is 12.1. The van der Waals surface area contributed by atoms with Gasteiger partial charge in [0.05, 0.1) is 26.2 Å². The van der Waals surface area contributed by atoms with Gasteiger partial charge >= 0.3 is 5.97 Å². The molecule has 1 aliphatic heterocycles. The van der Waals surface area contributed by atoms with Crippen molar-refractivity contribution in [2.45, 2.75) is 19.4 Å².